The molecule has 2 aliphatic carbocycles. The zero-order valence-electron chi connectivity index (χ0n) is 11.4. The number of nitrogens with one attached hydrogen (secondary N) is 1. The van der Waals surface area contributed by atoms with Gasteiger partial charge in [0.05, 0.1) is 0 Å². The molecule has 4 atom stereocenters. The summed E-state index contributed by atoms with van der Waals surface area (Å²) in [6.07, 6.45) is 5.04. The van der Waals surface area contributed by atoms with E-state index in [1.54, 1.807) is 6.92 Å². The van der Waals surface area contributed by atoms with Crippen molar-refractivity contribution in [2.24, 2.45) is 17.6 Å². The molecule has 102 valence electrons. The number of hydrogen-bond acceptors (Lipinski definition) is 2. The van der Waals surface area contributed by atoms with Crippen molar-refractivity contribution in [3.63, 3.8) is 0 Å². The lowest BCUT2D eigenvalue weighted by Gasteiger charge is -2.29. The van der Waals surface area contributed by atoms with Crippen molar-refractivity contribution in [2.45, 2.75) is 44.2 Å². The zero-order chi connectivity index (χ0) is 13.5. The number of amides is 1. The quantitative estimate of drug-likeness (QED) is 0.873. The van der Waals surface area contributed by atoms with Crippen LogP contribution in [0.1, 0.15) is 38.2 Å². The summed E-state index contributed by atoms with van der Waals surface area (Å²) in [6.45, 7) is 1.80. The van der Waals surface area contributed by atoms with Crippen molar-refractivity contribution in [3.05, 3.63) is 35.9 Å². The first kappa shape index (κ1) is 12.7. The smallest absolute Gasteiger partial charge is 0.244 e. The van der Waals surface area contributed by atoms with Crippen LogP contribution in [0.25, 0.3) is 0 Å². The number of benzene rings is 1. The Morgan fingerprint density at radius 1 is 1.26 bits per heavy atom. The molecule has 0 heterocycles. The van der Waals surface area contributed by atoms with Crippen LogP contribution in [-0.2, 0) is 10.3 Å². The molecule has 0 saturated heterocycles. The van der Waals surface area contributed by atoms with Gasteiger partial charge in [0.2, 0.25) is 5.91 Å². The third-order valence-corrected chi connectivity index (χ3v) is 4.90. The first-order valence-corrected chi connectivity index (χ1v) is 7.22. The van der Waals surface area contributed by atoms with E-state index < -0.39 is 5.54 Å². The predicted octanol–water partition coefficient (Wildman–Crippen LogP) is 2.17. The van der Waals surface area contributed by atoms with E-state index in [0.717, 1.165) is 17.9 Å². The van der Waals surface area contributed by atoms with Gasteiger partial charge >= 0.3 is 0 Å². The Morgan fingerprint density at radius 2 is 2.00 bits per heavy atom. The summed E-state index contributed by atoms with van der Waals surface area (Å²) < 4.78 is 0. The highest BCUT2D eigenvalue weighted by Crippen LogP contribution is 2.44. The van der Waals surface area contributed by atoms with Gasteiger partial charge in [-0.3, -0.25) is 4.79 Å². The molecule has 1 amide bonds. The molecule has 1 aromatic carbocycles. The lowest BCUT2D eigenvalue weighted by atomic mass is 9.90. The molecule has 0 radical (unpaired) electrons. The minimum atomic E-state index is -0.941. The molecule has 2 fully saturated rings. The zero-order valence-corrected chi connectivity index (χ0v) is 11.4. The Labute approximate surface area is 114 Å². The standard InChI is InChI=1S/C16H22N2O/c1-16(17,13-5-3-2-4-6-13)15(19)18-14-10-11-7-8-12(14)9-11/h2-6,11-12,14H,7-10,17H2,1H3,(H,18,19). The van der Waals surface area contributed by atoms with Crippen LogP contribution in [0.4, 0.5) is 0 Å². The minimum absolute atomic E-state index is 0.0451. The molecular formula is C16H22N2O. The maximum Gasteiger partial charge on any atom is 0.244 e. The van der Waals surface area contributed by atoms with E-state index in [1.807, 2.05) is 30.3 Å². The summed E-state index contributed by atoms with van der Waals surface area (Å²) in [6, 6.07) is 9.96. The van der Waals surface area contributed by atoms with Crippen molar-refractivity contribution in [3.8, 4) is 0 Å². The fraction of sp³-hybridized carbons (Fsp3) is 0.562. The number of rotatable bonds is 3. The number of carbonyl (C=O) groups excluding carboxylic acids is 1. The van der Waals surface area contributed by atoms with Gasteiger partial charge in [-0.2, -0.15) is 0 Å². The Morgan fingerprint density at radius 3 is 2.58 bits per heavy atom. The van der Waals surface area contributed by atoms with Gasteiger partial charge < -0.3 is 11.1 Å². The van der Waals surface area contributed by atoms with Crippen LogP contribution >= 0.6 is 0 Å². The van der Waals surface area contributed by atoms with Crippen molar-refractivity contribution in [2.75, 3.05) is 0 Å². The second kappa shape index (κ2) is 4.64. The van der Waals surface area contributed by atoms with E-state index in [1.165, 1.54) is 19.3 Å². The molecule has 3 nitrogen and oxygen atoms in total. The summed E-state index contributed by atoms with van der Waals surface area (Å²) in [5.41, 5.74) is 6.18. The van der Waals surface area contributed by atoms with E-state index >= 15 is 0 Å². The summed E-state index contributed by atoms with van der Waals surface area (Å²) in [5, 5.41) is 3.19. The van der Waals surface area contributed by atoms with Gasteiger partial charge in [-0.1, -0.05) is 36.8 Å². The lowest BCUT2D eigenvalue weighted by molar-refractivity contribution is -0.127. The third-order valence-electron chi connectivity index (χ3n) is 4.90. The molecule has 2 aliphatic rings. The highest BCUT2D eigenvalue weighted by molar-refractivity contribution is 5.87. The number of carbonyl (C=O) groups is 1. The van der Waals surface area contributed by atoms with Crippen LogP contribution in [0.3, 0.4) is 0 Å². The van der Waals surface area contributed by atoms with Gasteiger partial charge in [0.15, 0.2) is 0 Å². The number of fused-ring (bicyclic) bond motifs is 2. The van der Waals surface area contributed by atoms with Gasteiger partial charge in [0.25, 0.3) is 0 Å². The summed E-state index contributed by atoms with van der Waals surface area (Å²) in [4.78, 5) is 12.5. The number of nitrogens with two attached hydrogens (primary N) is 1. The SMILES string of the molecule is CC(N)(C(=O)NC1CC2CCC1C2)c1ccccc1. The first-order valence-electron chi connectivity index (χ1n) is 7.22. The molecule has 3 heteroatoms. The lowest BCUT2D eigenvalue weighted by Crippen LogP contribution is -2.53. The molecule has 3 rings (SSSR count). The minimum Gasteiger partial charge on any atom is -0.351 e. The third kappa shape index (κ3) is 2.27. The fourth-order valence-electron chi connectivity index (χ4n) is 3.66. The van der Waals surface area contributed by atoms with Crippen molar-refractivity contribution in [1.29, 1.82) is 0 Å². The van der Waals surface area contributed by atoms with Crippen molar-refractivity contribution in [1.82, 2.24) is 5.32 Å². The Balaban J connectivity index is 1.70. The van der Waals surface area contributed by atoms with Crippen LogP contribution in [-0.4, -0.2) is 11.9 Å². The van der Waals surface area contributed by atoms with Gasteiger partial charge in [0.1, 0.15) is 5.54 Å². The molecule has 4 unspecified atom stereocenters. The molecular weight excluding hydrogens is 236 g/mol. The monoisotopic (exact) mass is 258 g/mol. The highest BCUT2D eigenvalue weighted by atomic mass is 16.2. The molecule has 3 N–H and O–H groups in total. The molecule has 0 spiro atoms. The molecule has 0 aromatic heterocycles. The van der Waals surface area contributed by atoms with Crippen LogP contribution in [0.5, 0.6) is 0 Å². The van der Waals surface area contributed by atoms with Crippen molar-refractivity contribution >= 4 is 5.91 Å². The Kier molecular flexibility index (Phi) is 3.09. The van der Waals surface area contributed by atoms with E-state index in [9.17, 15) is 4.79 Å². The maximum absolute atomic E-state index is 12.5. The summed E-state index contributed by atoms with van der Waals surface area (Å²) >= 11 is 0. The van der Waals surface area contributed by atoms with E-state index in [0.29, 0.717) is 12.0 Å². The fourth-order valence-corrected chi connectivity index (χ4v) is 3.66. The Bertz CT molecular complexity index is 469. The van der Waals surface area contributed by atoms with Crippen LogP contribution in [0.15, 0.2) is 30.3 Å². The van der Waals surface area contributed by atoms with Gasteiger partial charge in [-0.05, 0) is 43.6 Å². The maximum atomic E-state index is 12.5. The predicted molar refractivity (Wildman–Crippen MR) is 75.4 cm³/mol. The largest absolute Gasteiger partial charge is 0.351 e. The topological polar surface area (TPSA) is 55.1 Å². The highest BCUT2D eigenvalue weighted by Gasteiger charge is 2.42. The summed E-state index contributed by atoms with van der Waals surface area (Å²) in [5.74, 6) is 1.47. The molecule has 1 aromatic rings. The van der Waals surface area contributed by atoms with Crippen LogP contribution in [0, 0.1) is 11.8 Å². The second-order valence-electron chi connectivity index (χ2n) is 6.32. The second-order valence-corrected chi connectivity index (χ2v) is 6.32. The van der Waals surface area contributed by atoms with E-state index in [-0.39, 0.29) is 5.91 Å². The van der Waals surface area contributed by atoms with Gasteiger partial charge in [-0.15, -0.1) is 0 Å². The average molecular weight is 258 g/mol. The van der Waals surface area contributed by atoms with Crippen LogP contribution < -0.4 is 11.1 Å². The van der Waals surface area contributed by atoms with Crippen molar-refractivity contribution < 1.29 is 4.79 Å². The number of hydrogen-bond donors (Lipinski definition) is 2. The molecule has 2 bridgehead atoms. The van der Waals surface area contributed by atoms with Gasteiger partial charge in [-0.25, -0.2) is 0 Å². The molecule has 2 saturated carbocycles. The summed E-state index contributed by atoms with van der Waals surface area (Å²) in [7, 11) is 0. The van der Waals surface area contributed by atoms with Crippen LogP contribution in [0.2, 0.25) is 0 Å². The molecule has 19 heavy (non-hydrogen) atoms. The van der Waals surface area contributed by atoms with Gasteiger partial charge in [0, 0.05) is 6.04 Å². The van der Waals surface area contributed by atoms with E-state index in [4.69, 9.17) is 5.73 Å². The normalized spacial score (nSPS) is 32.0. The van der Waals surface area contributed by atoms with E-state index in [2.05, 4.69) is 5.32 Å². The first-order chi connectivity index (χ1) is 9.07. The Hall–Kier alpha value is -1.35. The molecule has 0 aliphatic heterocycles. The average Bonchev–Trinajstić information content (AvgIpc) is 3.02.